The molecule has 1 fully saturated rings. The zero-order chi connectivity index (χ0) is 25.8. The summed E-state index contributed by atoms with van der Waals surface area (Å²) in [6, 6.07) is 17.7. The fraction of sp³-hybridized carbons (Fsp3) is 0.115. The Bertz CT molecular complexity index is 1380. The Labute approximate surface area is 230 Å². The first-order chi connectivity index (χ1) is 17.2. The van der Waals surface area contributed by atoms with Crippen molar-refractivity contribution in [1.82, 2.24) is 4.90 Å². The Kier molecular flexibility index (Phi) is 8.41. The number of carbonyl (C=O) groups excluding carboxylic acids is 3. The van der Waals surface area contributed by atoms with Crippen LogP contribution in [0.1, 0.15) is 16.7 Å². The minimum atomic E-state index is -0.546. The molecule has 0 aromatic heterocycles. The van der Waals surface area contributed by atoms with Gasteiger partial charge in [-0.05, 0) is 67.2 Å². The lowest BCUT2D eigenvalue weighted by molar-refractivity contribution is -0.127. The van der Waals surface area contributed by atoms with Gasteiger partial charge in [-0.2, -0.15) is 0 Å². The number of hydrogen-bond acceptors (Lipinski definition) is 5. The van der Waals surface area contributed by atoms with E-state index >= 15 is 0 Å². The van der Waals surface area contributed by atoms with Gasteiger partial charge < -0.3 is 10.1 Å². The molecule has 0 bridgehead atoms. The summed E-state index contributed by atoms with van der Waals surface area (Å²) in [7, 11) is 0. The molecule has 4 rings (SSSR count). The van der Waals surface area contributed by atoms with Crippen LogP contribution in [0.3, 0.4) is 0 Å². The molecule has 0 radical (unpaired) electrons. The molecule has 1 N–H and O–H groups in total. The van der Waals surface area contributed by atoms with Crippen molar-refractivity contribution in [3.05, 3.63) is 96.8 Å². The molecule has 0 spiro atoms. The smallest absolute Gasteiger partial charge is 0.294 e. The Hall–Kier alpha value is -2.78. The fourth-order valence-corrected chi connectivity index (χ4v) is 4.99. The molecular formula is C26H19BrCl2N2O4S. The van der Waals surface area contributed by atoms with Gasteiger partial charge in [-0.25, -0.2) is 0 Å². The maximum absolute atomic E-state index is 13.0. The van der Waals surface area contributed by atoms with Crippen molar-refractivity contribution < 1.29 is 19.1 Å². The van der Waals surface area contributed by atoms with Gasteiger partial charge in [-0.1, -0.05) is 62.9 Å². The number of anilines is 1. The third kappa shape index (κ3) is 6.50. The third-order valence-electron chi connectivity index (χ3n) is 5.17. The lowest BCUT2D eigenvalue weighted by Gasteiger charge is -2.13. The first-order valence-electron chi connectivity index (χ1n) is 10.7. The summed E-state index contributed by atoms with van der Waals surface area (Å²) in [4.78, 5) is 39.0. The van der Waals surface area contributed by atoms with E-state index in [1.807, 2.05) is 19.1 Å². The van der Waals surface area contributed by atoms with Crippen LogP contribution < -0.4 is 10.1 Å². The zero-order valence-electron chi connectivity index (χ0n) is 18.9. The van der Waals surface area contributed by atoms with Gasteiger partial charge >= 0.3 is 0 Å². The van der Waals surface area contributed by atoms with E-state index < -0.39 is 17.1 Å². The van der Waals surface area contributed by atoms with Crippen molar-refractivity contribution >= 4 is 79.7 Å². The minimum Gasteiger partial charge on any atom is -0.488 e. The number of aryl methyl sites for hydroxylation is 1. The average molecular weight is 606 g/mol. The summed E-state index contributed by atoms with van der Waals surface area (Å²) in [5.41, 5.74) is 2.97. The van der Waals surface area contributed by atoms with Crippen molar-refractivity contribution in [2.45, 2.75) is 13.5 Å². The zero-order valence-corrected chi connectivity index (χ0v) is 22.8. The number of hydrogen-bond donors (Lipinski definition) is 1. The van der Waals surface area contributed by atoms with Gasteiger partial charge in [0.05, 0.1) is 4.91 Å². The largest absolute Gasteiger partial charge is 0.488 e. The van der Waals surface area contributed by atoms with Gasteiger partial charge in [0, 0.05) is 31.3 Å². The van der Waals surface area contributed by atoms with Crippen molar-refractivity contribution in [1.29, 1.82) is 0 Å². The monoisotopic (exact) mass is 604 g/mol. The molecule has 3 amide bonds. The topological polar surface area (TPSA) is 75.7 Å². The van der Waals surface area contributed by atoms with Crippen LogP contribution in [0.5, 0.6) is 5.75 Å². The number of thioether (sulfide) groups is 1. The van der Waals surface area contributed by atoms with E-state index in [-0.39, 0.29) is 18.1 Å². The number of halogens is 3. The molecule has 1 heterocycles. The molecule has 1 saturated heterocycles. The van der Waals surface area contributed by atoms with Gasteiger partial charge in [0.25, 0.3) is 11.1 Å². The molecule has 3 aromatic carbocycles. The molecule has 3 aromatic rings. The number of benzene rings is 3. The second-order valence-electron chi connectivity index (χ2n) is 7.89. The number of carbonyl (C=O) groups is 3. The highest BCUT2D eigenvalue weighted by atomic mass is 79.9. The van der Waals surface area contributed by atoms with Crippen molar-refractivity contribution in [2.75, 3.05) is 11.9 Å². The SMILES string of the molecule is Cc1ccc(NC(=O)CN2C(=O)S/C(=C\c3cc(Br)ccc3OCc3ccc(Cl)cc3Cl)C2=O)cc1. The Morgan fingerprint density at radius 1 is 1.08 bits per heavy atom. The second kappa shape index (κ2) is 11.5. The van der Waals surface area contributed by atoms with Crippen molar-refractivity contribution in [2.24, 2.45) is 0 Å². The Morgan fingerprint density at radius 3 is 2.56 bits per heavy atom. The Balaban J connectivity index is 1.48. The number of rotatable bonds is 7. The molecule has 184 valence electrons. The maximum atomic E-state index is 13.0. The molecule has 0 saturated carbocycles. The summed E-state index contributed by atoms with van der Waals surface area (Å²) in [5, 5.41) is 3.18. The molecule has 0 aliphatic carbocycles. The van der Waals surface area contributed by atoms with Gasteiger partial charge in [0.2, 0.25) is 5.91 Å². The van der Waals surface area contributed by atoms with Crippen LogP contribution in [0.15, 0.2) is 70.0 Å². The van der Waals surface area contributed by atoms with E-state index in [0.717, 1.165) is 32.3 Å². The van der Waals surface area contributed by atoms with E-state index in [1.165, 1.54) is 0 Å². The molecule has 6 nitrogen and oxygen atoms in total. The number of nitrogens with zero attached hydrogens (tertiary/aromatic N) is 1. The lowest BCUT2D eigenvalue weighted by Crippen LogP contribution is -2.36. The Morgan fingerprint density at radius 2 is 1.83 bits per heavy atom. The summed E-state index contributed by atoms with van der Waals surface area (Å²) in [6.07, 6.45) is 1.58. The fourth-order valence-electron chi connectivity index (χ4n) is 3.32. The number of nitrogens with one attached hydrogen (secondary N) is 1. The van der Waals surface area contributed by atoms with Crippen molar-refractivity contribution in [3.8, 4) is 5.75 Å². The van der Waals surface area contributed by atoms with E-state index in [9.17, 15) is 14.4 Å². The minimum absolute atomic E-state index is 0.180. The van der Waals surface area contributed by atoms with Crippen molar-refractivity contribution in [3.63, 3.8) is 0 Å². The third-order valence-corrected chi connectivity index (χ3v) is 7.15. The van der Waals surface area contributed by atoms with E-state index in [2.05, 4.69) is 21.2 Å². The van der Waals surface area contributed by atoms with Crippen LogP contribution in [0.4, 0.5) is 10.5 Å². The summed E-state index contributed by atoms with van der Waals surface area (Å²) < 4.78 is 6.73. The van der Waals surface area contributed by atoms with E-state index in [4.69, 9.17) is 27.9 Å². The maximum Gasteiger partial charge on any atom is 0.294 e. The molecule has 1 aliphatic rings. The van der Waals surface area contributed by atoms with E-state index in [1.54, 1.807) is 54.6 Å². The summed E-state index contributed by atoms with van der Waals surface area (Å²) in [5.74, 6) is -0.516. The van der Waals surface area contributed by atoms with E-state index in [0.29, 0.717) is 27.0 Å². The molecular weight excluding hydrogens is 587 g/mol. The van der Waals surface area contributed by atoms with Crippen LogP contribution in [-0.2, 0) is 16.2 Å². The summed E-state index contributed by atoms with van der Waals surface area (Å²) in [6.45, 7) is 1.73. The summed E-state index contributed by atoms with van der Waals surface area (Å²) >= 11 is 16.4. The first-order valence-corrected chi connectivity index (χ1v) is 13.0. The van der Waals surface area contributed by atoms with Crippen LogP contribution >= 0.6 is 50.9 Å². The van der Waals surface area contributed by atoms with Gasteiger partial charge in [0.15, 0.2) is 0 Å². The molecule has 0 unspecified atom stereocenters. The van der Waals surface area contributed by atoms with Gasteiger partial charge in [-0.3, -0.25) is 19.3 Å². The number of ether oxygens (including phenoxy) is 1. The predicted molar refractivity (Wildman–Crippen MR) is 147 cm³/mol. The number of amides is 3. The average Bonchev–Trinajstić information content (AvgIpc) is 3.08. The lowest BCUT2D eigenvalue weighted by atomic mass is 10.1. The highest BCUT2D eigenvalue weighted by Gasteiger charge is 2.36. The second-order valence-corrected chi connectivity index (χ2v) is 10.6. The quantitative estimate of drug-likeness (QED) is 0.286. The van der Waals surface area contributed by atoms with Crippen LogP contribution in [-0.4, -0.2) is 28.5 Å². The predicted octanol–water partition coefficient (Wildman–Crippen LogP) is 7.32. The number of imide groups is 1. The molecule has 10 heteroatoms. The molecule has 1 aliphatic heterocycles. The molecule has 36 heavy (non-hydrogen) atoms. The van der Waals surface area contributed by atoms with Gasteiger partial charge in [0.1, 0.15) is 18.9 Å². The van der Waals surface area contributed by atoms with Gasteiger partial charge in [-0.15, -0.1) is 0 Å². The first kappa shape index (κ1) is 26.3. The van der Waals surface area contributed by atoms with Crippen LogP contribution in [0.25, 0.3) is 6.08 Å². The van der Waals surface area contributed by atoms with Crippen LogP contribution in [0.2, 0.25) is 10.0 Å². The highest BCUT2D eigenvalue weighted by molar-refractivity contribution is 9.10. The standard InChI is InChI=1S/C26H19BrCl2N2O4S/c1-15-2-7-20(8-3-15)30-24(32)13-31-25(33)23(36-26(31)34)11-17-10-18(27)5-9-22(17)35-14-16-4-6-19(28)12-21(16)29/h2-12H,13-14H2,1H3,(H,30,32)/b23-11-. The normalized spacial score (nSPS) is 14.4. The van der Waals surface area contributed by atoms with Crippen LogP contribution in [0, 0.1) is 6.92 Å². The molecule has 0 atom stereocenters. The highest BCUT2D eigenvalue weighted by Crippen LogP contribution is 2.35.